The van der Waals surface area contributed by atoms with E-state index >= 15 is 4.39 Å². The van der Waals surface area contributed by atoms with E-state index in [4.69, 9.17) is 0 Å². The highest BCUT2D eigenvalue weighted by Gasteiger charge is 2.31. The van der Waals surface area contributed by atoms with Gasteiger partial charge in [-0.3, -0.25) is 0 Å². The Morgan fingerprint density at radius 3 is 2.79 bits per heavy atom. The third kappa shape index (κ3) is 3.69. The number of nitrogens with one attached hydrogen (secondary N) is 2. The number of aryl methyl sites for hydroxylation is 1. The molecule has 3 aromatic heterocycles. The standard InChI is InChI=1S/C25H25F2N7/c1-13(15-3-4-15)34-14(2)30-24-18(26)9-17(10-21(24)34)23-19(27)12-29-25(33-23)32-22-6-5-16-11-28-8-7-20(16)31-22/h5-6,9-10,12-13,15,28H,3-4,7-8,11H2,1-2H3,(H,29,31,32,33). The quantitative estimate of drug-likeness (QED) is 0.443. The van der Waals surface area contributed by atoms with Crippen LogP contribution in [0.3, 0.4) is 0 Å². The van der Waals surface area contributed by atoms with Crippen molar-refractivity contribution in [1.82, 2.24) is 29.8 Å². The Morgan fingerprint density at radius 1 is 1.12 bits per heavy atom. The van der Waals surface area contributed by atoms with Gasteiger partial charge in [-0.2, -0.15) is 0 Å². The molecule has 1 atom stereocenters. The van der Waals surface area contributed by atoms with E-state index in [0.717, 1.165) is 55.6 Å². The lowest BCUT2D eigenvalue weighted by Crippen LogP contribution is -2.24. The normalized spacial score (nSPS) is 16.5. The van der Waals surface area contributed by atoms with Crippen LogP contribution in [0.5, 0.6) is 0 Å². The second-order valence-corrected chi connectivity index (χ2v) is 9.18. The van der Waals surface area contributed by atoms with Crippen molar-refractivity contribution >= 4 is 22.8 Å². The van der Waals surface area contributed by atoms with Crippen molar-refractivity contribution in [3.8, 4) is 11.3 Å². The second kappa shape index (κ2) is 8.09. The van der Waals surface area contributed by atoms with Crippen molar-refractivity contribution in [3.63, 3.8) is 0 Å². The van der Waals surface area contributed by atoms with E-state index in [1.165, 1.54) is 6.07 Å². The predicted molar refractivity (Wildman–Crippen MR) is 126 cm³/mol. The maximum atomic E-state index is 15.1. The molecule has 174 valence electrons. The number of hydrogen-bond donors (Lipinski definition) is 2. The Bertz CT molecular complexity index is 1410. The van der Waals surface area contributed by atoms with Crippen molar-refractivity contribution in [3.05, 3.63) is 59.2 Å². The summed E-state index contributed by atoms with van der Waals surface area (Å²) < 4.78 is 32.0. The van der Waals surface area contributed by atoms with Crippen LogP contribution in [0.2, 0.25) is 0 Å². The van der Waals surface area contributed by atoms with E-state index in [1.54, 1.807) is 6.07 Å². The lowest BCUT2D eigenvalue weighted by Gasteiger charge is -2.17. The number of benzene rings is 1. The third-order valence-electron chi connectivity index (χ3n) is 6.82. The molecule has 0 saturated heterocycles. The van der Waals surface area contributed by atoms with Crippen molar-refractivity contribution in [2.45, 2.75) is 45.7 Å². The fraction of sp³-hybridized carbons (Fsp3) is 0.360. The van der Waals surface area contributed by atoms with E-state index < -0.39 is 11.6 Å². The highest BCUT2D eigenvalue weighted by molar-refractivity contribution is 5.83. The van der Waals surface area contributed by atoms with Gasteiger partial charge in [-0.05, 0) is 56.4 Å². The zero-order valence-corrected chi connectivity index (χ0v) is 19.1. The first-order valence-electron chi connectivity index (χ1n) is 11.7. The lowest BCUT2D eigenvalue weighted by molar-refractivity contribution is 0.487. The van der Waals surface area contributed by atoms with Crippen LogP contribution in [-0.4, -0.2) is 31.0 Å². The fourth-order valence-electron chi connectivity index (χ4n) is 4.86. The number of pyridine rings is 1. The molecule has 34 heavy (non-hydrogen) atoms. The van der Waals surface area contributed by atoms with Crippen LogP contribution >= 0.6 is 0 Å². The van der Waals surface area contributed by atoms with E-state index in [0.29, 0.717) is 28.3 Å². The summed E-state index contributed by atoms with van der Waals surface area (Å²) in [5, 5.41) is 6.39. The Hall–Kier alpha value is -3.46. The minimum Gasteiger partial charge on any atom is -0.325 e. The van der Waals surface area contributed by atoms with E-state index in [2.05, 4.69) is 42.1 Å². The number of imidazole rings is 1. The molecule has 7 nitrogen and oxygen atoms in total. The molecule has 1 unspecified atom stereocenters. The maximum Gasteiger partial charge on any atom is 0.229 e. The number of aromatic nitrogens is 5. The van der Waals surface area contributed by atoms with Gasteiger partial charge in [0.05, 0.1) is 11.7 Å². The predicted octanol–water partition coefficient (Wildman–Crippen LogP) is 4.84. The number of halogens is 2. The molecule has 2 aliphatic rings. The summed E-state index contributed by atoms with van der Waals surface area (Å²) in [5.41, 5.74) is 3.52. The molecular formula is C25H25F2N7. The average Bonchev–Trinajstić information content (AvgIpc) is 3.62. The van der Waals surface area contributed by atoms with E-state index in [9.17, 15) is 4.39 Å². The first-order chi connectivity index (χ1) is 16.5. The molecule has 1 aliphatic carbocycles. The van der Waals surface area contributed by atoms with Gasteiger partial charge in [-0.25, -0.2) is 28.7 Å². The molecule has 1 aromatic carbocycles. The van der Waals surface area contributed by atoms with Crippen LogP contribution in [0.15, 0.2) is 30.5 Å². The van der Waals surface area contributed by atoms with Crippen molar-refractivity contribution in [1.29, 1.82) is 0 Å². The van der Waals surface area contributed by atoms with Gasteiger partial charge >= 0.3 is 0 Å². The number of rotatable bonds is 5. The lowest BCUT2D eigenvalue weighted by atomic mass is 10.1. The number of hydrogen-bond acceptors (Lipinski definition) is 6. The van der Waals surface area contributed by atoms with Crippen LogP contribution < -0.4 is 10.6 Å². The molecule has 1 aliphatic heterocycles. The molecule has 0 radical (unpaired) electrons. The molecule has 9 heteroatoms. The molecule has 0 spiro atoms. The van der Waals surface area contributed by atoms with Crippen LogP contribution in [0, 0.1) is 24.5 Å². The molecular weight excluding hydrogens is 436 g/mol. The summed E-state index contributed by atoms with van der Waals surface area (Å²) in [6.07, 6.45) is 4.26. The second-order valence-electron chi connectivity index (χ2n) is 9.18. The first-order valence-corrected chi connectivity index (χ1v) is 11.7. The van der Waals surface area contributed by atoms with Crippen molar-refractivity contribution in [2.75, 3.05) is 11.9 Å². The zero-order chi connectivity index (χ0) is 23.4. The Balaban J connectivity index is 1.38. The Morgan fingerprint density at radius 2 is 1.97 bits per heavy atom. The minimum absolute atomic E-state index is 0.0324. The molecule has 0 amide bonds. The molecule has 1 saturated carbocycles. The Kier molecular flexibility index (Phi) is 5.02. The highest BCUT2D eigenvalue weighted by atomic mass is 19.1. The summed E-state index contributed by atoms with van der Waals surface area (Å²) in [6.45, 7) is 5.69. The van der Waals surface area contributed by atoms with Crippen LogP contribution in [0.25, 0.3) is 22.3 Å². The van der Waals surface area contributed by atoms with Gasteiger partial charge in [0.1, 0.15) is 22.9 Å². The highest BCUT2D eigenvalue weighted by Crippen LogP contribution is 2.42. The summed E-state index contributed by atoms with van der Waals surface area (Å²) in [7, 11) is 0. The summed E-state index contributed by atoms with van der Waals surface area (Å²) in [6, 6.07) is 7.13. The number of anilines is 2. The van der Waals surface area contributed by atoms with Gasteiger partial charge in [0.25, 0.3) is 0 Å². The molecule has 2 N–H and O–H groups in total. The molecule has 4 heterocycles. The van der Waals surface area contributed by atoms with Gasteiger partial charge < -0.3 is 15.2 Å². The maximum absolute atomic E-state index is 15.1. The van der Waals surface area contributed by atoms with E-state index in [1.807, 2.05) is 19.1 Å². The zero-order valence-electron chi connectivity index (χ0n) is 19.1. The van der Waals surface area contributed by atoms with Crippen LogP contribution in [-0.2, 0) is 13.0 Å². The van der Waals surface area contributed by atoms with Gasteiger partial charge in [-0.15, -0.1) is 0 Å². The third-order valence-corrected chi connectivity index (χ3v) is 6.82. The topological polar surface area (TPSA) is 80.6 Å². The summed E-state index contributed by atoms with van der Waals surface area (Å²) in [4.78, 5) is 17.6. The monoisotopic (exact) mass is 461 g/mol. The molecule has 0 bridgehead atoms. The average molecular weight is 462 g/mol. The molecule has 6 rings (SSSR count). The van der Waals surface area contributed by atoms with Crippen LogP contribution in [0.1, 0.15) is 42.9 Å². The van der Waals surface area contributed by atoms with Gasteiger partial charge in [-0.1, -0.05) is 6.07 Å². The van der Waals surface area contributed by atoms with Gasteiger partial charge in [0, 0.05) is 36.8 Å². The first kappa shape index (κ1) is 21.1. The smallest absolute Gasteiger partial charge is 0.229 e. The van der Waals surface area contributed by atoms with Gasteiger partial charge in [0.2, 0.25) is 5.95 Å². The molecule has 1 fully saturated rings. The fourth-order valence-corrected chi connectivity index (χ4v) is 4.86. The Labute approximate surface area is 195 Å². The van der Waals surface area contributed by atoms with Crippen molar-refractivity contribution in [2.24, 2.45) is 5.92 Å². The number of nitrogens with zero attached hydrogens (tertiary/aromatic N) is 5. The SMILES string of the molecule is Cc1nc2c(F)cc(-c3nc(Nc4ccc5c(n4)CCNC5)ncc3F)cc2n1C(C)C1CC1. The minimum atomic E-state index is -0.619. The van der Waals surface area contributed by atoms with Gasteiger partial charge in [0.15, 0.2) is 11.6 Å². The van der Waals surface area contributed by atoms with E-state index in [-0.39, 0.29) is 17.7 Å². The largest absolute Gasteiger partial charge is 0.325 e. The summed E-state index contributed by atoms with van der Waals surface area (Å²) >= 11 is 0. The summed E-state index contributed by atoms with van der Waals surface area (Å²) in [5.74, 6) is 1.00. The van der Waals surface area contributed by atoms with Crippen LogP contribution in [0.4, 0.5) is 20.5 Å². The number of fused-ring (bicyclic) bond motifs is 2. The van der Waals surface area contributed by atoms with Crippen molar-refractivity contribution < 1.29 is 8.78 Å². The molecule has 4 aromatic rings.